The molecule has 0 bridgehead atoms. The Morgan fingerprint density at radius 2 is 0.494 bits per heavy atom. The maximum atomic E-state index is 12.9. The molecule has 0 fully saturated rings. The number of unbranched alkanes of at least 4 members (excludes halogenated alkanes) is 37. The van der Waals surface area contributed by atoms with Gasteiger partial charge in [-0.3, -0.25) is 37.3 Å². The summed E-state index contributed by atoms with van der Waals surface area (Å²) in [4.78, 5) is 72.0. The second-order valence-corrected chi connectivity index (χ2v) is 25.4. The largest absolute Gasteiger partial charge is 0.472 e. The lowest BCUT2D eigenvalue weighted by atomic mass is 10.0. The van der Waals surface area contributed by atoms with Gasteiger partial charge < -0.3 is 33.8 Å². The van der Waals surface area contributed by atoms with Crippen molar-refractivity contribution in [1.82, 2.24) is 0 Å². The van der Waals surface area contributed by atoms with Crippen LogP contribution in [-0.2, 0) is 65.4 Å². The number of esters is 4. The highest BCUT2D eigenvalue weighted by atomic mass is 31.2. The minimum absolute atomic E-state index is 0.107. The quantitative estimate of drug-likeness (QED) is 0.0222. The van der Waals surface area contributed by atoms with E-state index in [0.29, 0.717) is 25.7 Å². The lowest BCUT2D eigenvalue weighted by Gasteiger charge is -2.21. The molecule has 0 aromatic rings. The zero-order valence-electron chi connectivity index (χ0n) is 51.7. The number of ether oxygens (including phenoxy) is 4. The second kappa shape index (κ2) is 57.2. The van der Waals surface area contributed by atoms with Crippen LogP contribution in [0, 0.1) is 0 Å². The van der Waals surface area contributed by atoms with Crippen molar-refractivity contribution in [3.63, 3.8) is 0 Å². The summed E-state index contributed by atoms with van der Waals surface area (Å²) in [7, 11) is -9.88. The number of phosphoric acid groups is 2. The fraction of sp³-hybridized carbons (Fsp3) is 0.935. The summed E-state index contributed by atoms with van der Waals surface area (Å²) in [5.74, 6) is -2.13. The van der Waals surface area contributed by atoms with Crippen molar-refractivity contribution < 1.29 is 80.2 Å². The molecule has 17 nitrogen and oxygen atoms in total. The van der Waals surface area contributed by atoms with Crippen LogP contribution < -0.4 is 0 Å². The van der Waals surface area contributed by atoms with E-state index in [1.54, 1.807) is 0 Å². The monoisotopic (exact) mass is 1200 g/mol. The van der Waals surface area contributed by atoms with Crippen molar-refractivity contribution in [2.24, 2.45) is 0 Å². The SMILES string of the molecule is CCCCCCCCCCCCCCC(=O)O[C@H](COC(=O)CCCCCCCCCCCC)COP(=O)(O)OC[C@@H](O)COP(=O)(O)OC[C@@H](COC(=O)CCCCCCCCCCC)OC(=O)CCCCCCCCCCCC. The van der Waals surface area contributed by atoms with Crippen LogP contribution in [0.3, 0.4) is 0 Å². The Balaban J connectivity index is 5.23. The third kappa shape index (κ3) is 56.9. The topological polar surface area (TPSA) is 237 Å². The molecule has 3 N–H and O–H groups in total. The smallest absolute Gasteiger partial charge is 0.462 e. The van der Waals surface area contributed by atoms with Crippen LogP contribution in [0.5, 0.6) is 0 Å². The first kappa shape index (κ1) is 79.1. The summed E-state index contributed by atoms with van der Waals surface area (Å²) < 4.78 is 67.9. The van der Waals surface area contributed by atoms with E-state index in [9.17, 15) is 43.2 Å². The van der Waals surface area contributed by atoms with E-state index in [4.69, 9.17) is 37.0 Å². The van der Waals surface area contributed by atoms with Crippen LogP contribution in [0.15, 0.2) is 0 Å². The van der Waals surface area contributed by atoms with E-state index < -0.39 is 97.5 Å². The Morgan fingerprint density at radius 3 is 0.728 bits per heavy atom. The number of rotatable bonds is 63. The highest BCUT2D eigenvalue weighted by Gasteiger charge is 2.30. The Hall–Kier alpha value is -1.94. The van der Waals surface area contributed by atoms with Crippen molar-refractivity contribution >= 4 is 39.5 Å². The number of carbonyl (C=O) groups is 4. The van der Waals surface area contributed by atoms with Gasteiger partial charge in [0, 0.05) is 25.7 Å². The average molecular weight is 1200 g/mol. The maximum absolute atomic E-state index is 12.9. The minimum atomic E-state index is -4.94. The van der Waals surface area contributed by atoms with Gasteiger partial charge in [-0.1, -0.05) is 265 Å². The fourth-order valence-corrected chi connectivity index (χ4v) is 10.9. The van der Waals surface area contributed by atoms with Crippen LogP contribution in [-0.4, -0.2) is 96.7 Å². The van der Waals surface area contributed by atoms with E-state index in [0.717, 1.165) is 89.9 Å². The van der Waals surface area contributed by atoms with E-state index in [1.165, 1.54) is 148 Å². The maximum Gasteiger partial charge on any atom is 0.472 e. The number of carbonyl (C=O) groups excluding carboxylic acids is 4. The molecule has 81 heavy (non-hydrogen) atoms. The van der Waals surface area contributed by atoms with Gasteiger partial charge in [0.05, 0.1) is 26.4 Å². The molecule has 2 unspecified atom stereocenters. The normalized spacial score (nSPS) is 14.2. The first-order chi connectivity index (χ1) is 39.2. The van der Waals surface area contributed by atoms with Gasteiger partial charge in [-0.2, -0.15) is 0 Å². The van der Waals surface area contributed by atoms with Crippen molar-refractivity contribution in [2.75, 3.05) is 39.6 Å². The molecule has 0 aromatic carbocycles. The second-order valence-electron chi connectivity index (χ2n) is 22.4. The molecule has 480 valence electrons. The van der Waals surface area contributed by atoms with E-state index in [-0.39, 0.29) is 25.7 Å². The first-order valence-corrected chi connectivity index (χ1v) is 35.8. The van der Waals surface area contributed by atoms with Crippen LogP contribution in [0.2, 0.25) is 0 Å². The summed E-state index contributed by atoms with van der Waals surface area (Å²) in [6.07, 6.45) is 41.5. The highest BCUT2D eigenvalue weighted by molar-refractivity contribution is 7.47. The van der Waals surface area contributed by atoms with Gasteiger partial charge in [0.15, 0.2) is 12.2 Å². The van der Waals surface area contributed by atoms with Gasteiger partial charge >= 0.3 is 39.5 Å². The Kier molecular flexibility index (Phi) is 55.8. The third-order valence-corrected chi connectivity index (χ3v) is 16.3. The first-order valence-electron chi connectivity index (χ1n) is 32.8. The Morgan fingerprint density at radius 1 is 0.296 bits per heavy atom. The summed E-state index contributed by atoms with van der Waals surface area (Å²) in [6.45, 7) is 4.85. The van der Waals surface area contributed by atoms with Gasteiger partial charge in [-0.15, -0.1) is 0 Å². The molecule has 0 spiro atoms. The Bertz CT molecular complexity index is 1570. The van der Waals surface area contributed by atoms with E-state index >= 15 is 0 Å². The van der Waals surface area contributed by atoms with Crippen molar-refractivity contribution in [1.29, 1.82) is 0 Å². The van der Waals surface area contributed by atoms with E-state index in [2.05, 4.69) is 27.7 Å². The minimum Gasteiger partial charge on any atom is -0.462 e. The molecule has 0 saturated carbocycles. The Labute approximate surface area is 492 Å². The predicted octanol–water partition coefficient (Wildman–Crippen LogP) is 17.2. The van der Waals surface area contributed by atoms with Gasteiger partial charge in [-0.25, -0.2) is 9.13 Å². The van der Waals surface area contributed by atoms with Crippen molar-refractivity contribution in [3.8, 4) is 0 Å². The zero-order valence-corrected chi connectivity index (χ0v) is 53.5. The highest BCUT2D eigenvalue weighted by Crippen LogP contribution is 2.45. The molecule has 0 heterocycles. The molecular formula is C62H120O17P2. The number of hydrogen-bond donors (Lipinski definition) is 3. The number of hydrogen-bond acceptors (Lipinski definition) is 15. The zero-order chi connectivity index (χ0) is 59.8. The van der Waals surface area contributed by atoms with Gasteiger partial charge in [0.25, 0.3) is 0 Å². The molecule has 0 aliphatic rings. The summed E-state index contributed by atoms with van der Waals surface area (Å²) in [6, 6.07) is 0. The van der Waals surface area contributed by atoms with Crippen LogP contribution in [0.1, 0.15) is 317 Å². The van der Waals surface area contributed by atoms with Gasteiger partial charge in [-0.05, 0) is 25.7 Å². The molecule has 5 atom stereocenters. The van der Waals surface area contributed by atoms with Crippen molar-refractivity contribution in [3.05, 3.63) is 0 Å². The lowest BCUT2D eigenvalue weighted by Crippen LogP contribution is -2.30. The molecule has 0 aliphatic heterocycles. The number of phosphoric ester groups is 2. The molecule has 19 heteroatoms. The standard InChI is InChI=1S/C62H120O17P2/c1-5-9-13-17-21-25-28-29-33-37-41-45-49-62(67)79-58(53-73-60(65)47-43-39-35-31-26-22-18-14-10-6-2)55-77-81(70,71)75-51-56(63)50-74-80(68,69)76-54-57(52-72-59(64)46-42-38-34-30-24-20-16-12-8-4)78-61(66)48-44-40-36-32-27-23-19-15-11-7-3/h56-58,63H,5-55H2,1-4H3,(H,68,69)(H,70,71)/t56-,57+,58+/m0/s1. The lowest BCUT2D eigenvalue weighted by molar-refractivity contribution is -0.161. The van der Waals surface area contributed by atoms with Crippen LogP contribution >= 0.6 is 15.6 Å². The number of aliphatic hydroxyl groups excluding tert-OH is 1. The summed E-state index contributed by atoms with van der Waals surface area (Å²) in [5.41, 5.74) is 0. The summed E-state index contributed by atoms with van der Waals surface area (Å²) in [5, 5.41) is 10.5. The van der Waals surface area contributed by atoms with Crippen LogP contribution in [0.4, 0.5) is 0 Å². The average Bonchev–Trinajstić information content (AvgIpc) is 3.44. The summed E-state index contributed by atoms with van der Waals surface area (Å²) >= 11 is 0. The number of aliphatic hydroxyl groups is 1. The fourth-order valence-electron chi connectivity index (χ4n) is 9.28. The molecule has 0 radical (unpaired) electrons. The van der Waals surface area contributed by atoms with Crippen molar-refractivity contribution in [2.45, 2.75) is 335 Å². The molecule has 0 aliphatic carbocycles. The van der Waals surface area contributed by atoms with Gasteiger partial charge in [0.2, 0.25) is 0 Å². The predicted molar refractivity (Wildman–Crippen MR) is 322 cm³/mol. The van der Waals surface area contributed by atoms with Gasteiger partial charge in [0.1, 0.15) is 19.3 Å². The molecular weight excluding hydrogens is 1080 g/mol. The molecule has 0 rings (SSSR count). The molecule has 0 aromatic heterocycles. The molecule has 0 amide bonds. The van der Waals surface area contributed by atoms with Crippen LogP contribution in [0.25, 0.3) is 0 Å². The third-order valence-electron chi connectivity index (χ3n) is 14.4. The molecule has 0 saturated heterocycles. The van der Waals surface area contributed by atoms with E-state index in [1.807, 2.05) is 0 Å².